The van der Waals surface area contributed by atoms with Crippen molar-refractivity contribution in [1.29, 1.82) is 0 Å². The second-order valence-corrected chi connectivity index (χ2v) is 5.10. The molecule has 12 heavy (non-hydrogen) atoms. The van der Waals surface area contributed by atoms with Crippen LogP contribution in [0.15, 0.2) is 28.7 Å². The Morgan fingerprint density at radius 2 is 2.17 bits per heavy atom. The predicted molar refractivity (Wildman–Crippen MR) is 52.0 cm³/mol. The first-order valence-electron chi connectivity index (χ1n) is 3.29. The summed E-state index contributed by atoms with van der Waals surface area (Å²) in [5, 5.41) is 8.71. The third-order valence-corrected chi connectivity index (χ3v) is 4.69. The van der Waals surface area contributed by atoms with Crippen molar-refractivity contribution >= 4 is 41.3 Å². The Kier molecular flexibility index (Phi) is 3.79. The zero-order valence-electron chi connectivity index (χ0n) is 6.16. The van der Waals surface area contributed by atoms with Crippen LogP contribution in [0.3, 0.4) is 0 Å². The van der Waals surface area contributed by atoms with Gasteiger partial charge in [-0.25, -0.2) is 0 Å². The van der Waals surface area contributed by atoms with Gasteiger partial charge >= 0.3 is 85.3 Å². The van der Waals surface area contributed by atoms with Crippen LogP contribution in [0.1, 0.15) is 0 Å². The molecule has 0 saturated heterocycles. The molecule has 0 saturated carbocycles. The summed E-state index contributed by atoms with van der Waals surface area (Å²) in [5.41, 5.74) is 0. The van der Waals surface area contributed by atoms with Gasteiger partial charge in [-0.3, -0.25) is 0 Å². The summed E-state index contributed by atoms with van der Waals surface area (Å²) in [6, 6.07) is 7.72. The molecule has 1 rings (SSSR count). The second kappa shape index (κ2) is 4.65. The van der Waals surface area contributed by atoms with E-state index in [2.05, 4.69) is 15.9 Å². The van der Waals surface area contributed by atoms with Gasteiger partial charge in [-0.15, -0.1) is 0 Å². The van der Waals surface area contributed by atoms with Crippen molar-refractivity contribution < 1.29 is 9.90 Å². The van der Waals surface area contributed by atoms with Gasteiger partial charge in [-0.05, 0) is 0 Å². The van der Waals surface area contributed by atoms with E-state index in [0.717, 1.165) is 8.93 Å². The van der Waals surface area contributed by atoms with Gasteiger partial charge in [0, 0.05) is 0 Å². The van der Waals surface area contributed by atoms with Gasteiger partial charge in [0.25, 0.3) is 0 Å². The number of halogens is 1. The molecule has 1 aromatic rings. The van der Waals surface area contributed by atoms with Crippen LogP contribution in [0.25, 0.3) is 0 Å². The quantitative estimate of drug-likeness (QED) is 0.853. The molecule has 1 N–H and O–H groups in total. The van der Waals surface area contributed by atoms with Crippen molar-refractivity contribution in [2.75, 3.05) is 0 Å². The molecule has 0 atom stereocenters. The Morgan fingerprint density at radius 1 is 1.50 bits per heavy atom. The predicted octanol–water partition coefficient (Wildman–Crippen LogP) is 1.28. The van der Waals surface area contributed by atoms with Crippen molar-refractivity contribution in [2.24, 2.45) is 0 Å². The molecule has 1 aromatic carbocycles. The van der Waals surface area contributed by atoms with Crippen LogP contribution < -0.4 is 4.46 Å². The number of carbonyl (C=O) groups is 1. The van der Waals surface area contributed by atoms with E-state index in [1.807, 2.05) is 24.3 Å². The summed E-state index contributed by atoms with van der Waals surface area (Å²) in [6.45, 7) is 0. The second-order valence-electron chi connectivity index (χ2n) is 2.11. The molecule has 0 aliphatic carbocycles. The molecule has 0 bridgehead atoms. The fourth-order valence-electron chi connectivity index (χ4n) is 0.701. The number of rotatable bonds is 3. The molecule has 0 unspecified atom stereocenters. The van der Waals surface area contributed by atoms with E-state index in [-0.39, 0.29) is 20.3 Å². The number of aliphatic carboxylic acids is 1. The van der Waals surface area contributed by atoms with E-state index in [0.29, 0.717) is 0 Å². The van der Waals surface area contributed by atoms with Crippen LogP contribution in [0, 0.1) is 0 Å². The van der Waals surface area contributed by atoms with Crippen LogP contribution in [-0.2, 0) is 4.79 Å². The van der Waals surface area contributed by atoms with Crippen molar-refractivity contribution in [2.45, 2.75) is 5.32 Å². The summed E-state index contributed by atoms with van der Waals surface area (Å²) < 4.78 is 2.11. The van der Waals surface area contributed by atoms with Gasteiger partial charge in [0.1, 0.15) is 0 Å². The van der Waals surface area contributed by atoms with Crippen LogP contribution in [0.2, 0.25) is 5.32 Å². The van der Waals surface area contributed by atoms with Gasteiger partial charge < -0.3 is 0 Å². The zero-order chi connectivity index (χ0) is 8.97. The third-order valence-electron chi connectivity index (χ3n) is 1.19. The fourth-order valence-corrected chi connectivity index (χ4v) is 2.96. The molecule has 0 aliphatic heterocycles. The Labute approximate surface area is 85.3 Å². The van der Waals surface area contributed by atoms with E-state index in [1.165, 1.54) is 0 Å². The standard InChI is InChI=1S/C8H7BrO2Se/c9-6-3-1-2-4-7(6)12-5-8(10)11/h1-4H,5H2,(H,10,11). The average Bonchev–Trinajstić information content (AvgIpc) is 2.03. The van der Waals surface area contributed by atoms with Crippen LogP contribution >= 0.6 is 15.9 Å². The van der Waals surface area contributed by atoms with Gasteiger partial charge in [-0.2, -0.15) is 0 Å². The summed E-state index contributed by atoms with van der Waals surface area (Å²) in [4.78, 5) is 10.3. The topological polar surface area (TPSA) is 37.3 Å². The van der Waals surface area contributed by atoms with E-state index in [1.54, 1.807) is 0 Å². The Balaban J connectivity index is 2.63. The molecule has 0 aromatic heterocycles. The Bertz CT molecular complexity index is 288. The first-order valence-corrected chi connectivity index (χ1v) is 6.15. The van der Waals surface area contributed by atoms with Gasteiger partial charge in [-0.1, -0.05) is 0 Å². The monoisotopic (exact) mass is 294 g/mol. The molecule has 0 heterocycles. The maximum atomic E-state index is 10.3. The summed E-state index contributed by atoms with van der Waals surface area (Å²) in [5.74, 6) is -0.731. The fraction of sp³-hybridized carbons (Fsp3) is 0.125. The molecule has 0 spiro atoms. The first-order chi connectivity index (χ1) is 5.70. The van der Waals surface area contributed by atoms with Crippen molar-refractivity contribution in [1.82, 2.24) is 0 Å². The van der Waals surface area contributed by atoms with Crippen LogP contribution in [-0.4, -0.2) is 26.0 Å². The van der Waals surface area contributed by atoms with Crippen molar-refractivity contribution in [3.63, 3.8) is 0 Å². The Hall–Kier alpha value is -0.311. The van der Waals surface area contributed by atoms with Crippen LogP contribution in [0.5, 0.6) is 0 Å². The molecular weight excluding hydrogens is 287 g/mol. The molecular formula is C8H7BrO2Se. The molecule has 0 aliphatic rings. The number of benzene rings is 1. The summed E-state index contributed by atoms with van der Waals surface area (Å²) in [6.07, 6.45) is 0. The molecule has 64 valence electrons. The Morgan fingerprint density at radius 3 is 2.75 bits per heavy atom. The van der Waals surface area contributed by atoms with Gasteiger partial charge in [0.05, 0.1) is 0 Å². The van der Waals surface area contributed by atoms with E-state index in [4.69, 9.17) is 5.11 Å². The molecule has 2 nitrogen and oxygen atoms in total. The molecule has 4 heteroatoms. The molecule has 0 fully saturated rings. The number of hydrogen-bond acceptors (Lipinski definition) is 1. The van der Waals surface area contributed by atoms with Crippen molar-refractivity contribution in [3.8, 4) is 0 Å². The summed E-state index contributed by atoms with van der Waals surface area (Å²) in [7, 11) is 0. The van der Waals surface area contributed by atoms with Crippen LogP contribution in [0.4, 0.5) is 0 Å². The first kappa shape index (κ1) is 9.78. The number of carboxylic acids is 1. The third kappa shape index (κ3) is 2.97. The minimum atomic E-state index is -0.731. The number of carboxylic acid groups (broad SMARTS) is 1. The average molecular weight is 294 g/mol. The van der Waals surface area contributed by atoms with E-state index in [9.17, 15) is 4.79 Å². The molecule has 0 amide bonds. The summed E-state index contributed by atoms with van der Waals surface area (Å²) >= 11 is 3.40. The SMILES string of the molecule is O=C(O)C[Se]c1ccccc1Br. The van der Waals surface area contributed by atoms with Gasteiger partial charge in [0.15, 0.2) is 0 Å². The number of hydrogen-bond donors (Lipinski definition) is 1. The normalized spacial score (nSPS) is 9.75. The molecule has 0 radical (unpaired) electrons. The van der Waals surface area contributed by atoms with Gasteiger partial charge in [0.2, 0.25) is 0 Å². The van der Waals surface area contributed by atoms with E-state index < -0.39 is 5.97 Å². The van der Waals surface area contributed by atoms with E-state index >= 15 is 0 Å². The van der Waals surface area contributed by atoms with Crippen molar-refractivity contribution in [3.05, 3.63) is 28.7 Å². The maximum absolute atomic E-state index is 10.3. The zero-order valence-corrected chi connectivity index (χ0v) is 9.46. The minimum absolute atomic E-state index is 0.0337.